The number of halogens is 2. The first kappa shape index (κ1) is 12.0. The van der Waals surface area contributed by atoms with Gasteiger partial charge in [0.25, 0.3) is 0 Å². The largest absolute Gasteiger partial charge is 0.494 e. The number of benzene rings is 2. The van der Waals surface area contributed by atoms with Crippen LogP contribution in [0.2, 0.25) is 5.15 Å². The number of hydrogen-bond acceptors (Lipinski definition) is 2. The van der Waals surface area contributed by atoms with Gasteiger partial charge in [-0.15, -0.1) is 0 Å². The average Bonchev–Trinajstić information content (AvgIpc) is 2.77. The maximum atomic E-state index is 13.4. The minimum atomic E-state index is -0.409. The van der Waals surface area contributed by atoms with Crippen molar-refractivity contribution in [1.82, 2.24) is 9.78 Å². The maximum absolute atomic E-state index is 13.4. The second-order valence-corrected chi connectivity index (χ2v) is 4.40. The highest BCUT2D eigenvalue weighted by Crippen LogP contribution is 2.27. The van der Waals surface area contributed by atoms with Crippen molar-refractivity contribution in [3.63, 3.8) is 0 Å². The van der Waals surface area contributed by atoms with E-state index in [2.05, 4.69) is 5.10 Å². The topological polar surface area (TPSA) is 27.1 Å². The highest BCUT2D eigenvalue weighted by molar-refractivity contribution is 6.34. The molecule has 3 nitrogen and oxygen atoms in total. The summed E-state index contributed by atoms with van der Waals surface area (Å²) in [7, 11) is 1.43. The number of para-hydroxylation sites is 1. The molecule has 19 heavy (non-hydrogen) atoms. The Balaban J connectivity index is 2.24. The smallest absolute Gasteiger partial charge is 0.165 e. The first-order valence-electron chi connectivity index (χ1n) is 5.68. The second kappa shape index (κ2) is 4.55. The van der Waals surface area contributed by atoms with Crippen molar-refractivity contribution >= 4 is 22.5 Å². The highest BCUT2D eigenvalue weighted by Gasteiger charge is 2.11. The van der Waals surface area contributed by atoms with Crippen LogP contribution in [0.15, 0.2) is 42.5 Å². The molecular formula is C14H10ClFN2O. The summed E-state index contributed by atoms with van der Waals surface area (Å²) in [5, 5.41) is 5.54. The van der Waals surface area contributed by atoms with Crippen LogP contribution >= 0.6 is 11.6 Å². The number of hydrogen-bond donors (Lipinski definition) is 0. The van der Waals surface area contributed by atoms with Gasteiger partial charge in [0.1, 0.15) is 0 Å². The van der Waals surface area contributed by atoms with Gasteiger partial charge < -0.3 is 4.74 Å². The molecule has 0 amide bonds. The summed E-state index contributed by atoms with van der Waals surface area (Å²) in [5.41, 5.74) is 1.56. The fraction of sp³-hybridized carbons (Fsp3) is 0.0714. The van der Waals surface area contributed by atoms with E-state index in [1.165, 1.54) is 13.2 Å². The SMILES string of the molecule is COc1cc(-n2nc(Cl)c3ccccc32)ccc1F. The van der Waals surface area contributed by atoms with Gasteiger partial charge in [-0.05, 0) is 24.3 Å². The van der Waals surface area contributed by atoms with Crippen molar-refractivity contribution in [2.75, 3.05) is 7.11 Å². The van der Waals surface area contributed by atoms with E-state index in [1.54, 1.807) is 16.8 Å². The van der Waals surface area contributed by atoms with E-state index in [0.29, 0.717) is 10.8 Å². The summed E-state index contributed by atoms with van der Waals surface area (Å²) in [5.74, 6) is -0.234. The molecular weight excluding hydrogens is 267 g/mol. The van der Waals surface area contributed by atoms with Crippen LogP contribution in [-0.4, -0.2) is 16.9 Å². The van der Waals surface area contributed by atoms with Gasteiger partial charge in [-0.3, -0.25) is 0 Å². The van der Waals surface area contributed by atoms with Gasteiger partial charge in [-0.25, -0.2) is 9.07 Å². The van der Waals surface area contributed by atoms with Gasteiger partial charge >= 0.3 is 0 Å². The Kier molecular flexibility index (Phi) is 2.87. The molecule has 0 spiro atoms. The molecule has 1 heterocycles. The van der Waals surface area contributed by atoms with Crippen molar-refractivity contribution < 1.29 is 9.13 Å². The van der Waals surface area contributed by atoms with Crippen LogP contribution in [-0.2, 0) is 0 Å². The van der Waals surface area contributed by atoms with Gasteiger partial charge in [0.15, 0.2) is 16.7 Å². The molecule has 0 aliphatic carbocycles. The molecule has 0 atom stereocenters. The molecule has 2 aromatic carbocycles. The zero-order valence-corrected chi connectivity index (χ0v) is 10.9. The van der Waals surface area contributed by atoms with E-state index in [9.17, 15) is 4.39 Å². The number of aromatic nitrogens is 2. The van der Waals surface area contributed by atoms with Gasteiger partial charge in [-0.1, -0.05) is 23.7 Å². The van der Waals surface area contributed by atoms with Crippen molar-refractivity contribution in [2.24, 2.45) is 0 Å². The summed E-state index contributed by atoms with van der Waals surface area (Å²) in [6.07, 6.45) is 0. The number of methoxy groups -OCH3 is 1. The molecule has 96 valence electrons. The summed E-state index contributed by atoms with van der Waals surface area (Å²) in [4.78, 5) is 0. The minimum Gasteiger partial charge on any atom is -0.494 e. The molecule has 0 radical (unpaired) electrons. The lowest BCUT2D eigenvalue weighted by atomic mass is 10.2. The first-order chi connectivity index (χ1) is 9.20. The molecule has 3 aromatic rings. The third kappa shape index (κ3) is 1.94. The van der Waals surface area contributed by atoms with Crippen LogP contribution in [0.1, 0.15) is 0 Å². The number of rotatable bonds is 2. The van der Waals surface area contributed by atoms with E-state index in [-0.39, 0.29) is 5.75 Å². The van der Waals surface area contributed by atoms with Gasteiger partial charge in [0.05, 0.1) is 18.3 Å². The van der Waals surface area contributed by atoms with E-state index in [1.807, 2.05) is 24.3 Å². The quantitative estimate of drug-likeness (QED) is 0.711. The second-order valence-electron chi connectivity index (χ2n) is 4.04. The summed E-state index contributed by atoms with van der Waals surface area (Å²) in [6.45, 7) is 0. The average molecular weight is 277 g/mol. The molecule has 0 unspecified atom stereocenters. The summed E-state index contributed by atoms with van der Waals surface area (Å²) < 4.78 is 20.1. The van der Waals surface area contributed by atoms with Gasteiger partial charge in [0, 0.05) is 11.5 Å². The molecule has 5 heteroatoms. The van der Waals surface area contributed by atoms with Crippen molar-refractivity contribution in [3.8, 4) is 11.4 Å². The number of ether oxygens (including phenoxy) is 1. The van der Waals surface area contributed by atoms with Crippen LogP contribution in [0.5, 0.6) is 5.75 Å². The molecule has 0 N–H and O–H groups in total. The Hall–Kier alpha value is -2.07. The van der Waals surface area contributed by atoms with Crippen LogP contribution < -0.4 is 4.74 Å². The van der Waals surface area contributed by atoms with Crippen LogP contribution in [0.4, 0.5) is 4.39 Å². The Morgan fingerprint density at radius 1 is 1.21 bits per heavy atom. The standard InChI is InChI=1S/C14H10ClFN2O/c1-19-13-8-9(6-7-11(13)16)18-12-5-3-2-4-10(12)14(15)17-18/h2-8H,1H3. The molecule has 0 fully saturated rings. The maximum Gasteiger partial charge on any atom is 0.165 e. The third-order valence-electron chi connectivity index (χ3n) is 2.92. The Morgan fingerprint density at radius 3 is 2.79 bits per heavy atom. The van der Waals surface area contributed by atoms with Crippen molar-refractivity contribution in [3.05, 3.63) is 53.4 Å². The number of fused-ring (bicyclic) bond motifs is 1. The van der Waals surface area contributed by atoms with E-state index >= 15 is 0 Å². The van der Waals surface area contributed by atoms with Crippen molar-refractivity contribution in [1.29, 1.82) is 0 Å². The van der Waals surface area contributed by atoms with E-state index < -0.39 is 5.82 Å². The Labute approximate surface area is 114 Å². The zero-order chi connectivity index (χ0) is 13.4. The first-order valence-corrected chi connectivity index (χ1v) is 6.05. The van der Waals surface area contributed by atoms with E-state index in [4.69, 9.17) is 16.3 Å². The lowest BCUT2D eigenvalue weighted by Gasteiger charge is -2.06. The highest BCUT2D eigenvalue weighted by atomic mass is 35.5. The zero-order valence-electron chi connectivity index (χ0n) is 10.1. The van der Waals surface area contributed by atoms with Crippen LogP contribution in [0.25, 0.3) is 16.6 Å². The normalized spacial score (nSPS) is 10.9. The summed E-state index contributed by atoms with van der Waals surface area (Å²) >= 11 is 6.10. The third-order valence-corrected chi connectivity index (χ3v) is 3.20. The molecule has 0 saturated heterocycles. The predicted molar refractivity (Wildman–Crippen MR) is 72.6 cm³/mol. The van der Waals surface area contributed by atoms with Gasteiger partial charge in [0.2, 0.25) is 0 Å². The number of nitrogens with zero attached hydrogens (tertiary/aromatic N) is 2. The Morgan fingerprint density at radius 2 is 2.00 bits per heavy atom. The molecule has 0 bridgehead atoms. The van der Waals surface area contributed by atoms with E-state index in [0.717, 1.165) is 10.9 Å². The molecule has 0 saturated carbocycles. The Bertz CT molecular complexity index is 754. The van der Waals surface area contributed by atoms with Gasteiger partial charge in [-0.2, -0.15) is 5.10 Å². The fourth-order valence-electron chi connectivity index (χ4n) is 2.01. The molecule has 0 aliphatic rings. The molecule has 3 rings (SSSR count). The van der Waals surface area contributed by atoms with Crippen LogP contribution in [0, 0.1) is 5.82 Å². The summed E-state index contributed by atoms with van der Waals surface area (Å²) in [6, 6.07) is 12.2. The predicted octanol–water partition coefficient (Wildman–Crippen LogP) is 3.83. The minimum absolute atomic E-state index is 0.174. The fourth-order valence-corrected chi connectivity index (χ4v) is 2.24. The van der Waals surface area contributed by atoms with Crippen LogP contribution in [0.3, 0.4) is 0 Å². The molecule has 0 aliphatic heterocycles. The lowest BCUT2D eigenvalue weighted by Crippen LogP contribution is -1.98. The monoisotopic (exact) mass is 276 g/mol. The molecule has 1 aromatic heterocycles. The lowest BCUT2D eigenvalue weighted by molar-refractivity contribution is 0.386. The van der Waals surface area contributed by atoms with Crippen molar-refractivity contribution in [2.45, 2.75) is 0 Å².